The van der Waals surface area contributed by atoms with Crippen LogP contribution in [-0.2, 0) is 14.3 Å². The van der Waals surface area contributed by atoms with Gasteiger partial charge in [-0.15, -0.1) is 0 Å². The van der Waals surface area contributed by atoms with Crippen molar-refractivity contribution in [2.24, 2.45) is 5.92 Å². The predicted molar refractivity (Wildman–Crippen MR) is 51.4 cm³/mol. The molecule has 13 heavy (non-hydrogen) atoms. The summed E-state index contributed by atoms with van der Waals surface area (Å²) in [5.41, 5.74) is 0. The highest BCUT2D eigenvalue weighted by Crippen LogP contribution is 1.91. The molecule has 0 rings (SSSR count). The second-order valence-corrected chi connectivity index (χ2v) is 3.21. The van der Waals surface area contributed by atoms with E-state index in [1.165, 1.54) is 6.92 Å². The van der Waals surface area contributed by atoms with Crippen molar-refractivity contribution in [1.82, 2.24) is 0 Å². The lowest BCUT2D eigenvalue weighted by atomic mass is 10.2. The molecule has 0 aromatic heterocycles. The summed E-state index contributed by atoms with van der Waals surface area (Å²) in [4.78, 5) is 10.3. The van der Waals surface area contributed by atoms with Gasteiger partial charge in [0.1, 0.15) is 6.61 Å². The quantitative estimate of drug-likeness (QED) is 0.360. The number of hydrogen-bond donors (Lipinski definition) is 0. The van der Waals surface area contributed by atoms with E-state index in [4.69, 9.17) is 4.74 Å². The standard InChI is InChI=1S/C10H18O3/c1-9(2)8-12-6-4-5-7-13-10(3)11/h4-5,9H,6-8H2,1-3H3/b5-4-. The number of hydrogen-bond acceptors (Lipinski definition) is 3. The minimum absolute atomic E-state index is 0.257. The van der Waals surface area contributed by atoms with Gasteiger partial charge in [-0.25, -0.2) is 0 Å². The lowest BCUT2D eigenvalue weighted by Gasteiger charge is -2.03. The van der Waals surface area contributed by atoms with Crippen molar-refractivity contribution in [2.75, 3.05) is 19.8 Å². The average Bonchev–Trinajstić information content (AvgIpc) is 2.01. The third-order valence-electron chi connectivity index (χ3n) is 1.21. The summed E-state index contributed by atoms with van der Waals surface area (Å²) in [6, 6.07) is 0. The zero-order valence-corrected chi connectivity index (χ0v) is 8.58. The molecule has 0 amide bonds. The van der Waals surface area contributed by atoms with E-state index in [-0.39, 0.29) is 5.97 Å². The lowest BCUT2D eigenvalue weighted by molar-refractivity contribution is -0.139. The van der Waals surface area contributed by atoms with E-state index in [9.17, 15) is 4.79 Å². The van der Waals surface area contributed by atoms with Crippen LogP contribution in [0.5, 0.6) is 0 Å². The first-order chi connectivity index (χ1) is 6.13. The molecule has 0 aromatic carbocycles. The Bertz CT molecular complexity index is 162. The molecule has 0 fully saturated rings. The number of carbonyl (C=O) groups excluding carboxylic acids is 1. The normalized spacial score (nSPS) is 11.1. The van der Waals surface area contributed by atoms with Gasteiger partial charge in [0, 0.05) is 13.5 Å². The molecule has 0 atom stereocenters. The van der Waals surface area contributed by atoms with Crippen LogP contribution >= 0.6 is 0 Å². The molecule has 0 radical (unpaired) electrons. The fraction of sp³-hybridized carbons (Fsp3) is 0.700. The van der Waals surface area contributed by atoms with Gasteiger partial charge in [-0.05, 0) is 12.0 Å². The summed E-state index contributed by atoms with van der Waals surface area (Å²) in [5.74, 6) is 0.301. The van der Waals surface area contributed by atoms with Crippen LogP contribution in [0, 0.1) is 5.92 Å². The van der Waals surface area contributed by atoms with E-state index in [0.717, 1.165) is 6.61 Å². The van der Waals surface area contributed by atoms with Gasteiger partial charge in [-0.3, -0.25) is 4.79 Å². The molecule has 0 aliphatic carbocycles. The highest BCUT2D eigenvalue weighted by Gasteiger charge is 1.90. The maximum atomic E-state index is 10.3. The topological polar surface area (TPSA) is 35.5 Å². The molecule has 0 aromatic rings. The molecule has 76 valence electrons. The van der Waals surface area contributed by atoms with E-state index in [1.807, 2.05) is 6.08 Å². The van der Waals surface area contributed by atoms with Gasteiger partial charge < -0.3 is 9.47 Å². The minimum Gasteiger partial charge on any atom is -0.462 e. The molecule has 0 bridgehead atoms. The van der Waals surface area contributed by atoms with Crippen LogP contribution in [0.3, 0.4) is 0 Å². The SMILES string of the molecule is CC(=O)OC/C=C\COCC(C)C. The van der Waals surface area contributed by atoms with Crippen molar-refractivity contribution < 1.29 is 14.3 Å². The molecule has 0 aliphatic rings. The monoisotopic (exact) mass is 186 g/mol. The smallest absolute Gasteiger partial charge is 0.302 e. The molecule has 0 unspecified atom stereocenters. The Labute approximate surface area is 79.7 Å². The molecular weight excluding hydrogens is 168 g/mol. The molecular formula is C10H18O3. The Morgan fingerprint density at radius 2 is 1.92 bits per heavy atom. The van der Waals surface area contributed by atoms with Gasteiger partial charge in [0.25, 0.3) is 0 Å². The van der Waals surface area contributed by atoms with Crippen molar-refractivity contribution >= 4 is 5.97 Å². The summed E-state index contributed by atoms with van der Waals surface area (Å²) >= 11 is 0. The van der Waals surface area contributed by atoms with Gasteiger partial charge in [0.05, 0.1) is 6.61 Å². The van der Waals surface area contributed by atoms with E-state index in [1.54, 1.807) is 6.08 Å². The van der Waals surface area contributed by atoms with E-state index in [0.29, 0.717) is 19.1 Å². The van der Waals surface area contributed by atoms with E-state index in [2.05, 4.69) is 18.6 Å². The third kappa shape index (κ3) is 11.2. The predicted octanol–water partition coefficient (Wildman–Crippen LogP) is 1.78. The van der Waals surface area contributed by atoms with Crippen molar-refractivity contribution in [3.05, 3.63) is 12.2 Å². The van der Waals surface area contributed by atoms with Gasteiger partial charge in [0.2, 0.25) is 0 Å². The van der Waals surface area contributed by atoms with Crippen LogP contribution in [0.15, 0.2) is 12.2 Å². The van der Waals surface area contributed by atoms with Crippen LogP contribution in [0.4, 0.5) is 0 Å². The van der Waals surface area contributed by atoms with Gasteiger partial charge in [-0.2, -0.15) is 0 Å². The Morgan fingerprint density at radius 1 is 1.31 bits per heavy atom. The fourth-order valence-electron chi connectivity index (χ4n) is 0.673. The Hall–Kier alpha value is -0.830. The summed E-state index contributed by atoms with van der Waals surface area (Å²) in [7, 11) is 0. The van der Waals surface area contributed by atoms with Crippen molar-refractivity contribution in [2.45, 2.75) is 20.8 Å². The Kier molecular flexibility index (Phi) is 7.30. The van der Waals surface area contributed by atoms with Crippen LogP contribution < -0.4 is 0 Å². The second kappa shape index (κ2) is 7.80. The highest BCUT2D eigenvalue weighted by molar-refractivity contribution is 5.65. The van der Waals surface area contributed by atoms with E-state index >= 15 is 0 Å². The molecule has 3 nitrogen and oxygen atoms in total. The highest BCUT2D eigenvalue weighted by atomic mass is 16.5. The number of carbonyl (C=O) groups is 1. The second-order valence-electron chi connectivity index (χ2n) is 3.21. The zero-order valence-electron chi connectivity index (χ0n) is 8.58. The largest absolute Gasteiger partial charge is 0.462 e. The summed E-state index contributed by atoms with van der Waals surface area (Å²) < 4.78 is 9.96. The van der Waals surface area contributed by atoms with Gasteiger partial charge >= 0.3 is 5.97 Å². The number of esters is 1. The van der Waals surface area contributed by atoms with Crippen LogP contribution in [-0.4, -0.2) is 25.8 Å². The zero-order chi connectivity index (χ0) is 10.1. The van der Waals surface area contributed by atoms with Crippen molar-refractivity contribution in [1.29, 1.82) is 0 Å². The first-order valence-corrected chi connectivity index (χ1v) is 4.49. The fourth-order valence-corrected chi connectivity index (χ4v) is 0.673. The molecule has 0 saturated carbocycles. The summed E-state index contributed by atoms with van der Waals surface area (Å²) in [6.45, 7) is 7.27. The van der Waals surface area contributed by atoms with Crippen molar-refractivity contribution in [3.8, 4) is 0 Å². The van der Waals surface area contributed by atoms with Crippen LogP contribution in [0.2, 0.25) is 0 Å². The lowest BCUT2D eigenvalue weighted by Crippen LogP contribution is -2.02. The van der Waals surface area contributed by atoms with Crippen molar-refractivity contribution in [3.63, 3.8) is 0 Å². The molecule has 0 aliphatic heterocycles. The third-order valence-corrected chi connectivity index (χ3v) is 1.21. The van der Waals surface area contributed by atoms with E-state index < -0.39 is 0 Å². The maximum absolute atomic E-state index is 10.3. The minimum atomic E-state index is -0.257. The molecule has 0 N–H and O–H groups in total. The molecule has 0 heterocycles. The first kappa shape index (κ1) is 12.2. The first-order valence-electron chi connectivity index (χ1n) is 4.49. The summed E-state index contributed by atoms with van der Waals surface area (Å²) in [6.07, 6.45) is 3.63. The van der Waals surface area contributed by atoms with Crippen LogP contribution in [0.1, 0.15) is 20.8 Å². The van der Waals surface area contributed by atoms with Gasteiger partial charge in [-0.1, -0.05) is 19.9 Å². The average molecular weight is 186 g/mol. The summed E-state index contributed by atoms with van der Waals surface area (Å²) in [5, 5.41) is 0. The number of ether oxygens (including phenoxy) is 2. The molecule has 0 spiro atoms. The molecule has 0 saturated heterocycles. The Morgan fingerprint density at radius 3 is 2.46 bits per heavy atom. The Balaban J connectivity index is 3.17. The van der Waals surface area contributed by atoms with Gasteiger partial charge in [0.15, 0.2) is 0 Å². The maximum Gasteiger partial charge on any atom is 0.302 e. The van der Waals surface area contributed by atoms with Crippen LogP contribution in [0.25, 0.3) is 0 Å². The number of rotatable bonds is 6. The molecule has 3 heteroatoms.